The Morgan fingerprint density at radius 2 is 1.56 bits per heavy atom. The lowest BCUT2D eigenvalue weighted by Crippen LogP contribution is -2.21. The molecule has 1 saturated carbocycles. The molecule has 12 heteroatoms. The van der Waals surface area contributed by atoms with Crippen LogP contribution in [0.2, 0.25) is 5.02 Å². The first-order valence-electron chi connectivity index (χ1n) is 7.56. The molecule has 1 aliphatic rings. The van der Waals surface area contributed by atoms with Crippen molar-refractivity contribution in [3.05, 3.63) is 34.2 Å². The lowest BCUT2D eigenvalue weighted by atomic mass is 10.1. The number of fused-ring (bicyclic) bond motifs is 1. The maximum Gasteiger partial charge on any atom is 0.600 e. The van der Waals surface area contributed by atoms with Crippen molar-refractivity contribution in [3.63, 3.8) is 0 Å². The molecule has 3 nitrogen and oxygen atoms in total. The Kier molecular flexibility index (Phi) is 6.40. The van der Waals surface area contributed by atoms with Crippen LogP contribution in [0.15, 0.2) is 24.3 Å². The van der Waals surface area contributed by atoms with Gasteiger partial charge in [-0.15, -0.1) is 13.2 Å². The molecule has 0 bridgehead atoms. The molecule has 1 aromatic carbocycles. The third-order valence-electron chi connectivity index (χ3n) is 4.00. The summed E-state index contributed by atoms with van der Waals surface area (Å²) in [5.74, 6) is 0.0936. The van der Waals surface area contributed by atoms with Crippen molar-refractivity contribution in [1.82, 2.24) is 0 Å². The maximum atomic E-state index is 13.4. The molecule has 0 saturated heterocycles. The third-order valence-corrected chi connectivity index (χ3v) is 6.98. The molecule has 0 N–H and O–H groups in total. The molecule has 27 heavy (non-hydrogen) atoms. The summed E-state index contributed by atoms with van der Waals surface area (Å²) in [6.45, 7) is 0. The smallest absolute Gasteiger partial charge is 0.600 e. The fourth-order valence-electron chi connectivity index (χ4n) is 2.90. The molecule has 3 rings (SSSR count). The van der Waals surface area contributed by atoms with Gasteiger partial charge in [-0.2, -0.15) is 13.2 Å². The lowest BCUT2D eigenvalue weighted by Gasteiger charge is -2.08. The SMILES string of the molecule is FC(F)(F)[s+]1c(C2CCCC2)cc2ccc(Cl)cc21.O=S(=O)([O-])C(F)(F)F. The van der Waals surface area contributed by atoms with Gasteiger partial charge in [0.1, 0.15) is 0 Å². The van der Waals surface area contributed by atoms with Crippen LogP contribution in [0.4, 0.5) is 26.3 Å². The van der Waals surface area contributed by atoms with E-state index >= 15 is 0 Å². The van der Waals surface area contributed by atoms with Crippen molar-refractivity contribution in [1.29, 1.82) is 0 Å². The van der Waals surface area contributed by atoms with Gasteiger partial charge in [-0.25, -0.2) is 8.42 Å². The van der Waals surface area contributed by atoms with E-state index in [9.17, 15) is 26.3 Å². The average molecular weight is 455 g/mol. The summed E-state index contributed by atoms with van der Waals surface area (Å²) in [5, 5.41) is 1.06. The average Bonchev–Trinajstić information content (AvgIpc) is 3.11. The Labute approximate surface area is 158 Å². The second kappa shape index (κ2) is 7.76. The molecule has 1 aromatic heterocycles. The standard InChI is InChI=1S/C14H13ClF3S.CHF3O3S/c15-11-6-5-10-7-12(9-3-1-2-4-9)19(13(10)8-11)14(16,17)18;2-1(3,4)8(5,6)7/h5-9H,1-4H2;(H,5,6,7)/q+1;/p-1. The monoisotopic (exact) mass is 454 g/mol. The van der Waals surface area contributed by atoms with Crippen molar-refractivity contribution in [2.45, 2.75) is 42.6 Å². The molecule has 1 unspecified atom stereocenters. The summed E-state index contributed by atoms with van der Waals surface area (Å²) in [5.41, 5.74) is -9.85. The van der Waals surface area contributed by atoms with Gasteiger partial charge in [-0.1, -0.05) is 24.4 Å². The Hall–Kier alpha value is -1.04. The normalized spacial score (nSPS) is 17.1. The van der Waals surface area contributed by atoms with E-state index in [0.29, 0.717) is 20.0 Å². The Morgan fingerprint density at radius 1 is 1.04 bits per heavy atom. The van der Waals surface area contributed by atoms with Crippen LogP contribution >= 0.6 is 22.1 Å². The van der Waals surface area contributed by atoms with E-state index in [-0.39, 0.29) is 5.92 Å². The zero-order valence-electron chi connectivity index (χ0n) is 13.4. The summed E-state index contributed by atoms with van der Waals surface area (Å²) in [6, 6.07) is 6.59. The fraction of sp³-hybridized carbons (Fsp3) is 0.467. The highest BCUT2D eigenvalue weighted by molar-refractivity contribution is 7.86. The molecule has 0 amide bonds. The molecule has 0 radical (unpaired) electrons. The number of hydrogen-bond acceptors (Lipinski definition) is 3. The fourth-order valence-corrected chi connectivity index (χ4v) is 5.33. The van der Waals surface area contributed by atoms with Gasteiger partial charge in [0, 0.05) is 28.5 Å². The van der Waals surface area contributed by atoms with Crippen molar-refractivity contribution in [3.8, 4) is 0 Å². The zero-order chi connectivity index (χ0) is 20.6. The van der Waals surface area contributed by atoms with E-state index in [1.165, 1.54) is 6.07 Å². The molecule has 1 aliphatic carbocycles. The topological polar surface area (TPSA) is 57.2 Å². The van der Waals surface area contributed by atoms with Gasteiger partial charge in [0.05, 0.1) is 10.5 Å². The van der Waals surface area contributed by atoms with Crippen molar-refractivity contribution < 1.29 is 39.3 Å². The molecule has 1 heterocycles. The quantitative estimate of drug-likeness (QED) is 0.216. The highest BCUT2D eigenvalue weighted by Crippen LogP contribution is 2.55. The first kappa shape index (κ1) is 22.3. The molecule has 0 aliphatic heterocycles. The van der Waals surface area contributed by atoms with Crippen molar-refractivity contribution in [2.24, 2.45) is 0 Å². The molecule has 152 valence electrons. The highest BCUT2D eigenvalue weighted by atomic mass is 35.5. The first-order valence-corrected chi connectivity index (χ1v) is 10.6. The van der Waals surface area contributed by atoms with E-state index in [0.717, 1.165) is 25.7 Å². The van der Waals surface area contributed by atoms with E-state index in [1.54, 1.807) is 18.2 Å². The predicted molar refractivity (Wildman–Crippen MR) is 89.7 cm³/mol. The number of halogens is 7. The van der Waals surface area contributed by atoms with E-state index in [4.69, 9.17) is 24.6 Å². The summed E-state index contributed by atoms with van der Waals surface area (Å²) in [7, 11) is -7.87. The minimum Gasteiger partial charge on any atom is -0.741 e. The van der Waals surface area contributed by atoms with Crippen molar-refractivity contribution >= 4 is 42.3 Å². The van der Waals surface area contributed by atoms with Gasteiger partial charge < -0.3 is 4.55 Å². The first-order chi connectivity index (χ1) is 12.2. The zero-order valence-corrected chi connectivity index (χ0v) is 15.8. The van der Waals surface area contributed by atoms with Crippen LogP contribution in [0.5, 0.6) is 0 Å². The molecule has 1 fully saturated rings. The second-order valence-corrected chi connectivity index (χ2v) is 9.66. The second-order valence-electron chi connectivity index (χ2n) is 5.86. The van der Waals surface area contributed by atoms with Crippen LogP contribution in [-0.2, 0) is 15.6 Å². The summed E-state index contributed by atoms with van der Waals surface area (Å²) in [6.07, 6.45) is 3.84. The van der Waals surface area contributed by atoms with Gasteiger partial charge in [0.2, 0.25) is 0 Å². The Bertz CT molecular complexity index is 912. The van der Waals surface area contributed by atoms with Gasteiger partial charge in [-0.05, 0) is 25.0 Å². The Morgan fingerprint density at radius 3 is 2.00 bits per heavy atom. The van der Waals surface area contributed by atoms with E-state index in [1.807, 2.05) is 0 Å². The molecular formula is C15H13ClF6O3S2. The van der Waals surface area contributed by atoms with Crippen LogP contribution in [0.3, 0.4) is 0 Å². The number of rotatable bonds is 1. The molecule has 1 atom stereocenters. The third kappa shape index (κ3) is 5.27. The van der Waals surface area contributed by atoms with Gasteiger partial charge in [0.15, 0.2) is 19.7 Å². The van der Waals surface area contributed by atoms with Crippen LogP contribution in [0.25, 0.3) is 10.1 Å². The number of benzene rings is 1. The summed E-state index contributed by atoms with van der Waals surface area (Å²) >= 11 is 5.86. The van der Waals surface area contributed by atoms with E-state index in [2.05, 4.69) is 0 Å². The van der Waals surface area contributed by atoms with Crippen LogP contribution < -0.4 is 0 Å². The van der Waals surface area contributed by atoms with Gasteiger partial charge in [-0.3, -0.25) is 0 Å². The van der Waals surface area contributed by atoms with Crippen molar-refractivity contribution in [2.75, 3.05) is 0 Å². The molecule has 0 spiro atoms. The molecule has 2 aromatic rings. The summed E-state index contributed by atoms with van der Waals surface area (Å²) < 4.78 is 99.5. The van der Waals surface area contributed by atoms with Gasteiger partial charge in [0.25, 0.3) is 0 Å². The maximum absolute atomic E-state index is 13.4. The predicted octanol–water partition coefficient (Wildman–Crippen LogP) is 6.43. The molecular weight excluding hydrogens is 442 g/mol. The van der Waals surface area contributed by atoms with Crippen LogP contribution in [-0.4, -0.2) is 18.5 Å². The lowest BCUT2D eigenvalue weighted by molar-refractivity contribution is -0.0868. The largest absolute Gasteiger partial charge is 0.741 e. The van der Waals surface area contributed by atoms with Gasteiger partial charge >= 0.3 is 11.0 Å². The minimum absolute atomic E-state index is 0.0936. The summed E-state index contributed by atoms with van der Waals surface area (Å²) in [4.78, 5) is 0.572. The number of alkyl halides is 6. The number of hydrogen-bond donors (Lipinski definition) is 0. The van der Waals surface area contributed by atoms with Crippen LogP contribution in [0.1, 0.15) is 36.5 Å². The number of thiophene rings is 1. The Balaban J connectivity index is 0.000000279. The van der Waals surface area contributed by atoms with Crippen LogP contribution in [0, 0.1) is 0 Å². The van der Waals surface area contributed by atoms with E-state index < -0.39 is 31.6 Å². The highest BCUT2D eigenvalue weighted by Gasteiger charge is 2.49. The minimum atomic E-state index is -6.09.